The number of Topliss-reactive ketones (excluding diaryl/α,β-unsaturated/α-hetero) is 7. The molecule has 7 saturated carbocycles. The molecule has 7 nitrogen and oxygen atoms in total. The lowest BCUT2D eigenvalue weighted by Gasteiger charge is -2.46. The molecule has 7 rings (SSSR count). The summed E-state index contributed by atoms with van der Waals surface area (Å²) < 4.78 is 321. The van der Waals surface area contributed by atoms with Gasteiger partial charge in [-0.1, -0.05) is 33.0 Å². The molecule has 0 aromatic rings. The quantitative estimate of drug-likeness (QED) is 0.222. The summed E-state index contributed by atoms with van der Waals surface area (Å²) in [6.45, 7) is 2.58. The van der Waals surface area contributed by atoms with E-state index < -0.39 is 171 Å². The maximum atomic E-state index is 13.0. The van der Waals surface area contributed by atoms with Crippen LogP contribution in [0.2, 0.25) is 0 Å². The van der Waals surface area contributed by atoms with Gasteiger partial charge in [-0.15, -0.1) is 0 Å². The molecule has 394 valence electrons. The summed E-state index contributed by atoms with van der Waals surface area (Å²) in [5.41, 5.74) is -7.41. The highest BCUT2D eigenvalue weighted by Gasteiger charge is 2.93. The molecule has 0 saturated heterocycles. The Morgan fingerprint density at radius 3 is 1.41 bits per heavy atom. The Morgan fingerprint density at radius 1 is 0.485 bits per heavy atom. The average Bonchev–Trinajstić information content (AvgIpc) is 0.745. The topological polar surface area (TPSA) is 119 Å². The van der Waals surface area contributed by atoms with Gasteiger partial charge in [0.1, 0.15) is 35.1 Å². The highest BCUT2D eigenvalue weighted by atomic mass is 19.4. The lowest BCUT2D eigenvalue weighted by molar-refractivity contribution is -0.395. The van der Waals surface area contributed by atoms with Gasteiger partial charge < -0.3 is 0 Å². The summed E-state index contributed by atoms with van der Waals surface area (Å²) in [5.74, 6) is -43.4. The molecular weight excluding hydrogens is 949 g/mol. The molecule has 0 aromatic heterocycles. The Bertz CT molecular complexity index is 2290. The fourth-order valence-corrected chi connectivity index (χ4v) is 5.91. The van der Waals surface area contributed by atoms with Gasteiger partial charge >= 0.3 is 29.6 Å². The fourth-order valence-electron chi connectivity index (χ4n) is 5.91. The van der Waals surface area contributed by atoms with Crippen LogP contribution >= 0.6 is 0 Å². The molecule has 7 fully saturated rings. The molecule has 4 unspecified atom stereocenters. The first-order chi connectivity index (χ1) is 37.5. The lowest BCUT2D eigenvalue weighted by atomic mass is 9.75. The molecule has 0 aromatic carbocycles. The zero-order valence-corrected chi connectivity index (χ0v) is 36.9. The zero-order valence-electron chi connectivity index (χ0n) is 54.9. The van der Waals surface area contributed by atoms with Gasteiger partial charge in [0.15, 0.2) is 5.67 Å². The summed E-state index contributed by atoms with van der Waals surface area (Å²) >= 11 is 0. The molecule has 7 aliphatic rings. The highest BCUT2D eigenvalue weighted by Crippen LogP contribution is 2.62. The Labute approximate surface area is 411 Å². The second kappa shape index (κ2) is 25.7. The monoisotopic (exact) mass is 1030 g/mol. The molecule has 7 aliphatic carbocycles. The molecule has 0 bridgehead atoms. The van der Waals surface area contributed by atoms with Crippen molar-refractivity contribution >= 4 is 40.5 Å². The van der Waals surface area contributed by atoms with Crippen LogP contribution in [-0.2, 0) is 33.6 Å². The molecule has 22 heteroatoms. The normalized spacial score (nSPS) is 43.3. The van der Waals surface area contributed by atoms with Crippen molar-refractivity contribution in [1.82, 2.24) is 0 Å². The number of rotatable bonds is 0. The molecule has 68 heavy (non-hydrogen) atoms. The van der Waals surface area contributed by atoms with Crippen LogP contribution in [0.4, 0.5) is 65.9 Å². The van der Waals surface area contributed by atoms with Crippen molar-refractivity contribution in [2.45, 2.75) is 234 Å². The van der Waals surface area contributed by atoms with E-state index in [2.05, 4.69) is 0 Å². The van der Waals surface area contributed by atoms with E-state index in [-0.39, 0.29) is 56.5 Å². The maximum Gasteiger partial charge on any atom is 0.385 e. The largest absolute Gasteiger partial charge is 0.385 e. The molecule has 4 atom stereocenters. The van der Waals surface area contributed by atoms with Crippen LogP contribution in [0.1, 0.15) is 206 Å². The third-order valence-electron chi connectivity index (χ3n) is 10.4. The molecule has 0 spiro atoms. The van der Waals surface area contributed by atoms with Crippen molar-refractivity contribution < 1.29 is 124 Å². The van der Waals surface area contributed by atoms with E-state index in [0.29, 0.717) is 38.5 Å². The maximum absolute atomic E-state index is 13.0. The van der Waals surface area contributed by atoms with E-state index in [1.807, 2.05) is 0 Å². The number of carbonyl (C=O) groups excluding carboxylic acids is 7. The van der Waals surface area contributed by atoms with Crippen molar-refractivity contribution in [1.29, 1.82) is 0 Å². The third-order valence-corrected chi connectivity index (χ3v) is 10.4. The Kier molecular flexibility index (Phi) is 14.5. The summed E-state index contributed by atoms with van der Waals surface area (Å²) in [7, 11) is 0. The van der Waals surface area contributed by atoms with Crippen molar-refractivity contribution in [2.24, 2.45) is 11.8 Å². The highest BCUT2D eigenvalue weighted by molar-refractivity contribution is 5.97. The second-order valence-electron chi connectivity index (χ2n) is 16.3. The molecule has 0 aliphatic heterocycles. The van der Waals surface area contributed by atoms with Gasteiger partial charge in [-0.2, -0.15) is 43.9 Å². The van der Waals surface area contributed by atoms with E-state index in [4.69, 9.17) is 24.7 Å². The van der Waals surface area contributed by atoms with Gasteiger partial charge in [-0.05, 0) is 77.9 Å². The number of carbonyl (C=O) groups is 7. The zero-order chi connectivity index (χ0) is 68.9. The van der Waals surface area contributed by atoms with Crippen LogP contribution in [-0.4, -0.2) is 93.5 Å². The summed E-state index contributed by atoms with van der Waals surface area (Å²) in [6, 6.07) is 0. The van der Waals surface area contributed by atoms with Crippen LogP contribution in [0.15, 0.2) is 0 Å². The van der Waals surface area contributed by atoms with Gasteiger partial charge in [0, 0.05) is 107 Å². The van der Waals surface area contributed by atoms with Crippen molar-refractivity contribution in [3.05, 3.63) is 0 Å². The molecule has 0 heterocycles. The second-order valence-corrected chi connectivity index (χ2v) is 16.3. The van der Waals surface area contributed by atoms with E-state index in [9.17, 15) is 99.4 Å². The average molecular weight is 1030 g/mol. The van der Waals surface area contributed by atoms with E-state index in [1.54, 1.807) is 0 Å². The smallest absolute Gasteiger partial charge is 0.300 e. The van der Waals surface area contributed by atoms with Gasteiger partial charge in [-0.3, -0.25) is 33.6 Å². The number of ketones is 7. The van der Waals surface area contributed by atoms with Gasteiger partial charge in [0.05, 0.1) is 0 Å². The number of halogens is 15. The predicted octanol–water partition coefficient (Wildman–Crippen LogP) is 13.2. The third kappa shape index (κ3) is 17.5. The molecule has 0 radical (unpaired) electrons. The summed E-state index contributed by atoms with van der Waals surface area (Å²) in [4.78, 5) is 75.8. The number of hydrogen-bond acceptors (Lipinski definition) is 7. The van der Waals surface area contributed by atoms with Gasteiger partial charge in [0.25, 0.3) is 5.78 Å². The Balaban J connectivity index is 0.000000509. The van der Waals surface area contributed by atoms with E-state index in [1.165, 1.54) is 6.92 Å². The molecular formula is C46H63F15O7. The van der Waals surface area contributed by atoms with Crippen LogP contribution in [0.25, 0.3) is 0 Å². The van der Waals surface area contributed by atoms with Crippen molar-refractivity contribution in [3.8, 4) is 0 Å². The first kappa shape index (κ1) is 38.3. The van der Waals surface area contributed by atoms with Crippen LogP contribution in [0.5, 0.6) is 0 Å². The minimum atomic E-state index is -6.69. The van der Waals surface area contributed by atoms with Crippen LogP contribution < -0.4 is 0 Å². The molecule has 0 amide bonds. The number of alkyl halides is 15. The van der Waals surface area contributed by atoms with Gasteiger partial charge in [0.2, 0.25) is 17.4 Å². The lowest BCUT2D eigenvalue weighted by Crippen LogP contribution is -2.78. The van der Waals surface area contributed by atoms with Crippen LogP contribution in [0.3, 0.4) is 0 Å². The first-order valence-corrected chi connectivity index (χ1v) is 20.6. The minimum Gasteiger partial charge on any atom is -0.300 e. The Morgan fingerprint density at radius 2 is 0.971 bits per heavy atom. The first-order valence-electron chi connectivity index (χ1n) is 29.6. The SMILES string of the molecule is CC1(F)C(=O)C(F)(F)C(F)(F)C(F)(F)C1(F)F.CC1(F)CCCC(F)(F)C1=O.O=C1CCC(F)(F)CC1.O=C1CCC(F)CC1.[2H]C1([2H])C(=O)C([2H])(C)C([2H])([2H])C([2H])([2H])C1([2H])[2H].[2H]C1([2H])CC(=O)CC([2H])([2H])C1([2H])[2H].[2H]C1([2H])CCCC([2H])(C)C1=O. The number of hydrogen-bond donors (Lipinski definition) is 0. The minimum absolute atomic E-state index is 0.0269. The summed E-state index contributed by atoms with van der Waals surface area (Å²) in [5, 5.41) is 0. The van der Waals surface area contributed by atoms with E-state index >= 15 is 0 Å². The van der Waals surface area contributed by atoms with Gasteiger partial charge in [-0.25, -0.2) is 22.0 Å². The Hall–Kier alpha value is -3.36. The molecule has 0 N–H and O–H groups in total. The standard InChI is InChI=1S/C7H3F9O.C7H9F3O.2C7H12O.C6H8F2O.C6H9FO.C6H10O/c1-3(8)2(17)4(9,10)6(13,14)7(15,16)5(3,11)12;1-6(8)3-2-4-7(9,10)5(6)11;2*1-6-4-2-3-5-7(6)8;7-6(8)3-1-5(9)2-4-6;7-5-1-3-6(8)4-2-5;7-6-4-2-1-3-5-6/h1H3;2-4H2,1H3;2*6H,2-5H2,1H3;1-4H2;5H,1-4H2;1-5H2/i;;2D2,3D2,4D2,5D2,6D;5D2,6D;;;1D2,2D2,3D2. The van der Waals surface area contributed by atoms with Crippen molar-refractivity contribution in [3.63, 3.8) is 0 Å². The van der Waals surface area contributed by atoms with Crippen molar-refractivity contribution in [2.75, 3.05) is 0 Å². The van der Waals surface area contributed by atoms with Crippen LogP contribution in [0, 0.1) is 11.8 Å². The van der Waals surface area contributed by atoms with E-state index in [0.717, 1.165) is 13.8 Å². The summed E-state index contributed by atoms with van der Waals surface area (Å²) in [6.07, 6.45) is -21.6. The predicted molar refractivity (Wildman–Crippen MR) is 218 cm³/mol. The fraction of sp³-hybridized carbons (Fsp3) is 0.848.